The number of aryl methyl sites for hydroxylation is 1. The Morgan fingerprint density at radius 3 is 2.57 bits per heavy atom. The minimum Gasteiger partial charge on any atom is -0.326 e. The van der Waals surface area contributed by atoms with Gasteiger partial charge < -0.3 is 5.32 Å². The zero-order chi connectivity index (χ0) is 15.6. The first-order valence-electron chi connectivity index (χ1n) is 5.90. The molecule has 0 aliphatic carbocycles. The lowest BCUT2D eigenvalue weighted by atomic mass is 10.3. The van der Waals surface area contributed by atoms with Crippen LogP contribution in [0.4, 0.5) is 15.9 Å². The van der Waals surface area contributed by atoms with Crippen molar-refractivity contribution in [2.24, 2.45) is 0 Å². The monoisotopic (exact) mass is 312 g/mol. The number of hydrogen-bond donors (Lipinski definition) is 3. The van der Waals surface area contributed by atoms with Crippen LogP contribution in [0.3, 0.4) is 0 Å². The average molecular weight is 312 g/mol. The first-order valence-corrected chi connectivity index (χ1v) is 7.38. The lowest BCUT2D eigenvalue weighted by molar-refractivity contribution is -0.114. The van der Waals surface area contributed by atoms with E-state index in [0.29, 0.717) is 5.69 Å². The number of carbonyl (C=O) groups excluding carboxylic acids is 1. The smallest absolute Gasteiger partial charge is 0.266 e. The van der Waals surface area contributed by atoms with Gasteiger partial charge in [0.1, 0.15) is 10.7 Å². The van der Waals surface area contributed by atoms with Crippen molar-refractivity contribution in [2.75, 3.05) is 10.0 Å². The first-order chi connectivity index (χ1) is 9.78. The van der Waals surface area contributed by atoms with Gasteiger partial charge in [0.15, 0.2) is 5.82 Å². The van der Waals surface area contributed by atoms with E-state index in [0.717, 1.165) is 12.1 Å². The second kappa shape index (κ2) is 5.52. The lowest BCUT2D eigenvalue weighted by Gasteiger charge is -2.08. The number of rotatable bonds is 4. The fraction of sp³-hybridized carbons (Fsp3) is 0.167. The number of halogens is 1. The number of aromatic nitrogens is 2. The third-order valence-corrected chi connectivity index (χ3v) is 3.87. The SMILES string of the molecule is CC(=O)Nc1ccc(S(=O)(=O)Nc2cc(C)[nH]n2)c(F)c1. The molecule has 21 heavy (non-hydrogen) atoms. The number of anilines is 2. The van der Waals surface area contributed by atoms with Gasteiger partial charge in [0.25, 0.3) is 10.0 Å². The third kappa shape index (κ3) is 3.57. The summed E-state index contributed by atoms with van der Waals surface area (Å²) in [6, 6.07) is 4.78. The van der Waals surface area contributed by atoms with Crippen LogP contribution in [0, 0.1) is 12.7 Å². The van der Waals surface area contributed by atoms with Crippen LogP contribution in [0.1, 0.15) is 12.6 Å². The second-order valence-corrected chi connectivity index (χ2v) is 6.02. The highest BCUT2D eigenvalue weighted by atomic mass is 32.2. The van der Waals surface area contributed by atoms with Crippen molar-refractivity contribution in [1.82, 2.24) is 10.2 Å². The van der Waals surface area contributed by atoms with Gasteiger partial charge in [0, 0.05) is 24.4 Å². The topological polar surface area (TPSA) is 104 Å². The molecule has 1 amide bonds. The van der Waals surface area contributed by atoms with Crippen LogP contribution >= 0.6 is 0 Å². The molecule has 112 valence electrons. The molecule has 7 nitrogen and oxygen atoms in total. The van der Waals surface area contributed by atoms with Crippen LogP contribution in [-0.4, -0.2) is 24.5 Å². The van der Waals surface area contributed by atoms with Gasteiger partial charge in [-0.15, -0.1) is 0 Å². The maximum absolute atomic E-state index is 13.9. The standard InChI is InChI=1S/C12H13FN4O3S/c1-7-5-12(16-15-7)17-21(19,20)11-4-3-9(6-10(11)13)14-8(2)18/h3-6H,1-2H3,(H,14,18)(H2,15,16,17). The summed E-state index contributed by atoms with van der Waals surface area (Å²) < 4.78 is 40.2. The predicted molar refractivity (Wildman–Crippen MR) is 74.8 cm³/mol. The van der Waals surface area contributed by atoms with Crippen LogP contribution in [0.2, 0.25) is 0 Å². The molecular weight excluding hydrogens is 299 g/mol. The molecule has 2 aromatic rings. The Balaban J connectivity index is 2.29. The second-order valence-electron chi connectivity index (χ2n) is 4.37. The summed E-state index contributed by atoms with van der Waals surface area (Å²) in [5.74, 6) is -1.28. The molecule has 0 aliphatic rings. The summed E-state index contributed by atoms with van der Waals surface area (Å²) in [6.45, 7) is 2.97. The fourth-order valence-electron chi connectivity index (χ4n) is 1.66. The molecule has 9 heteroatoms. The van der Waals surface area contributed by atoms with Gasteiger partial charge in [0.05, 0.1) is 0 Å². The Morgan fingerprint density at radius 2 is 2.05 bits per heavy atom. The van der Waals surface area contributed by atoms with Gasteiger partial charge in [0.2, 0.25) is 5.91 Å². The van der Waals surface area contributed by atoms with Crippen LogP contribution in [0.25, 0.3) is 0 Å². The van der Waals surface area contributed by atoms with Gasteiger partial charge in [-0.25, -0.2) is 12.8 Å². The summed E-state index contributed by atoms with van der Waals surface area (Å²) in [4.78, 5) is 10.3. The quantitative estimate of drug-likeness (QED) is 0.798. The number of benzene rings is 1. The number of hydrogen-bond acceptors (Lipinski definition) is 4. The number of carbonyl (C=O) groups is 1. The van der Waals surface area contributed by atoms with Gasteiger partial charge in [-0.05, 0) is 25.1 Å². The maximum Gasteiger partial charge on any atom is 0.266 e. The van der Waals surface area contributed by atoms with Crippen LogP contribution in [0.15, 0.2) is 29.2 Å². The molecule has 0 radical (unpaired) electrons. The van der Waals surface area contributed by atoms with E-state index in [1.807, 2.05) is 0 Å². The number of H-pyrrole nitrogens is 1. The Bertz CT molecular complexity index is 786. The van der Waals surface area contributed by atoms with E-state index in [1.165, 1.54) is 19.1 Å². The minimum atomic E-state index is -4.10. The third-order valence-electron chi connectivity index (χ3n) is 2.49. The van der Waals surface area contributed by atoms with E-state index < -0.39 is 20.7 Å². The van der Waals surface area contributed by atoms with E-state index in [4.69, 9.17) is 0 Å². The van der Waals surface area contributed by atoms with Crippen molar-refractivity contribution < 1.29 is 17.6 Å². The minimum absolute atomic E-state index is 0.0674. The van der Waals surface area contributed by atoms with E-state index in [-0.39, 0.29) is 17.4 Å². The Morgan fingerprint density at radius 1 is 1.33 bits per heavy atom. The zero-order valence-corrected chi connectivity index (χ0v) is 12.1. The normalized spacial score (nSPS) is 11.2. The average Bonchev–Trinajstić information content (AvgIpc) is 2.72. The first kappa shape index (κ1) is 15.0. The van der Waals surface area contributed by atoms with Crippen molar-refractivity contribution in [3.05, 3.63) is 35.8 Å². The van der Waals surface area contributed by atoms with Gasteiger partial charge in [-0.1, -0.05) is 0 Å². The molecule has 0 unspecified atom stereocenters. The molecule has 0 bridgehead atoms. The van der Waals surface area contributed by atoms with Crippen molar-refractivity contribution in [3.8, 4) is 0 Å². The fourth-order valence-corrected chi connectivity index (χ4v) is 2.72. The number of amides is 1. The molecule has 0 saturated carbocycles. The molecular formula is C12H13FN4O3S. The lowest BCUT2D eigenvalue weighted by Crippen LogP contribution is -2.15. The van der Waals surface area contributed by atoms with Crippen molar-refractivity contribution in [1.29, 1.82) is 0 Å². The molecule has 2 rings (SSSR count). The van der Waals surface area contributed by atoms with E-state index >= 15 is 0 Å². The highest BCUT2D eigenvalue weighted by molar-refractivity contribution is 7.92. The zero-order valence-electron chi connectivity index (χ0n) is 11.3. The highest BCUT2D eigenvalue weighted by Crippen LogP contribution is 2.21. The number of aromatic amines is 1. The molecule has 0 saturated heterocycles. The highest BCUT2D eigenvalue weighted by Gasteiger charge is 2.20. The Kier molecular flexibility index (Phi) is 3.94. The summed E-state index contributed by atoms with van der Waals surface area (Å²) in [5, 5.41) is 8.65. The molecule has 1 heterocycles. The van der Waals surface area contributed by atoms with Gasteiger partial charge >= 0.3 is 0 Å². The van der Waals surface area contributed by atoms with Crippen LogP contribution < -0.4 is 10.0 Å². The van der Waals surface area contributed by atoms with Crippen LogP contribution in [0.5, 0.6) is 0 Å². The maximum atomic E-state index is 13.9. The van der Waals surface area contributed by atoms with Gasteiger partial charge in [-0.2, -0.15) is 5.10 Å². The molecule has 1 aromatic carbocycles. The summed E-state index contributed by atoms with van der Waals surface area (Å²) in [5.41, 5.74) is 0.837. The summed E-state index contributed by atoms with van der Waals surface area (Å²) in [7, 11) is -4.10. The molecule has 0 fully saturated rings. The van der Waals surface area contributed by atoms with Gasteiger partial charge in [-0.3, -0.25) is 14.6 Å². The summed E-state index contributed by atoms with van der Waals surface area (Å²) in [6.07, 6.45) is 0. The van der Waals surface area contributed by atoms with Crippen molar-refractivity contribution in [2.45, 2.75) is 18.7 Å². The van der Waals surface area contributed by atoms with E-state index in [1.54, 1.807) is 6.92 Å². The van der Waals surface area contributed by atoms with Crippen molar-refractivity contribution >= 4 is 27.4 Å². The Labute approximate surface area is 120 Å². The van der Waals surface area contributed by atoms with Crippen LogP contribution in [-0.2, 0) is 14.8 Å². The molecule has 0 spiro atoms. The number of sulfonamides is 1. The number of nitrogens with one attached hydrogen (secondary N) is 3. The van der Waals surface area contributed by atoms with E-state index in [9.17, 15) is 17.6 Å². The summed E-state index contributed by atoms with van der Waals surface area (Å²) >= 11 is 0. The molecule has 1 aromatic heterocycles. The predicted octanol–water partition coefficient (Wildman–Crippen LogP) is 1.62. The Hall–Kier alpha value is -2.42. The van der Waals surface area contributed by atoms with Crippen molar-refractivity contribution in [3.63, 3.8) is 0 Å². The van der Waals surface area contributed by atoms with E-state index in [2.05, 4.69) is 20.2 Å². The number of nitrogens with zero attached hydrogens (tertiary/aromatic N) is 1. The molecule has 0 atom stereocenters. The largest absolute Gasteiger partial charge is 0.326 e. The molecule has 3 N–H and O–H groups in total. The molecule has 0 aliphatic heterocycles.